The Kier molecular flexibility index (Phi) is 6.14. The molecule has 1 saturated carbocycles. The fraction of sp³-hybridized carbons (Fsp3) is 0.417. The molecule has 0 N–H and O–H groups in total. The number of anilines is 1. The van der Waals surface area contributed by atoms with Crippen LogP contribution in [0, 0.1) is 5.82 Å². The lowest BCUT2D eigenvalue weighted by molar-refractivity contribution is -0.0385. The van der Waals surface area contributed by atoms with Crippen molar-refractivity contribution < 1.29 is 17.9 Å². The van der Waals surface area contributed by atoms with Crippen LogP contribution in [0.4, 0.5) is 18.9 Å². The minimum Gasteiger partial charge on any atom is -0.336 e. The molecule has 1 aliphatic carbocycles. The first-order chi connectivity index (χ1) is 14.9. The highest BCUT2D eigenvalue weighted by Crippen LogP contribution is 2.46. The normalized spacial score (nSPS) is 21.1. The highest BCUT2D eigenvalue weighted by atomic mass is 19.3. The Labute approximate surface area is 180 Å². The summed E-state index contributed by atoms with van der Waals surface area (Å²) in [6.07, 6.45) is 6.43. The van der Waals surface area contributed by atoms with E-state index in [1.54, 1.807) is 42.8 Å². The number of nitrogens with zero attached hydrogens (tertiary/aromatic N) is 3. The van der Waals surface area contributed by atoms with Gasteiger partial charge in [-0.05, 0) is 44.9 Å². The van der Waals surface area contributed by atoms with Crippen LogP contribution in [0.5, 0.6) is 0 Å². The first kappa shape index (κ1) is 21.6. The molecule has 1 aliphatic heterocycles. The Morgan fingerprint density at radius 1 is 1.10 bits per heavy atom. The van der Waals surface area contributed by atoms with Crippen LogP contribution >= 0.6 is 0 Å². The van der Waals surface area contributed by atoms with Crippen LogP contribution < -0.4 is 4.90 Å². The maximum absolute atomic E-state index is 14.8. The summed E-state index contributed by atoms with van der Waals surface area (Å²) in [6.45, 7) is 3.83. The van der Waals surface area contributed by atoms with Gasteiger partial charge in [0.1, 0.15) is 5.82 Å². The van der Waals surface area contributed by atoms with Gasteiger partial charge in [0, 0.05) is 48.5 Å². The Bertz CT molecular complexity index is 980. The Hall–Kier alpha value is -2.67. The zero-order chi connectivity index (χ0) is 22.0. The van der Waals surface area contributed by atoms with Gasteiger partial charge in [0.2, 0.25) is 12.3 Å². The summed E-state index contributed by atoms with van der Waals surface area (Å²) in [4.78, 5) is 10.9. The molecule has 2 aromatic rings. The number of aromatic nitrogens is 1. The van der Waals surface area contributed by atoms with Gasteiger partial charge in [0.05, 0.1) is 17.5 Å². The van der Waals surface area contributed by atoms with E-state index in [1.165, 1.54) is 6.07 Å². The van der Waals surface area contributed by atoms with E-state index in [2.05, 4.69) is 9.98 Å². The first-order valence-corrected chi connectivity index (χ1v) is 10.6. The van der Waals surface area contributed by atoms with E-state index in [1.807, 2.05) is 24.9 Å². The second-order valence-electron chi connectivity index (χ2n) is 8.26. The van der Waals surface area contributed by atoms with Gasteiger partial charge < -0.3 is 9.64 Å². The third-order valence-corrected chi connectivity index (χ3v) is 5.66. The van der Waals surface area contributed by atoms with Gasteiger partial charge in [-0.25, -0.2) is 18.2 Å². The summed E-state index contributed by atoms with van der Waals surface area (Å²) in [7, 11) is 0. The lowest BCUT2D eigenvalue weighted by atomic mass is 9.83. The summed E-state index contributed by atoms with van der Waals surface area (Å²) in [6, 6.07) is 8.29. The summed E-state index contributed by atoms with van der Waals surface area (Å²) in [5.74, 6) is -3.15. The van der Waals surface area contributed by atoms with E-state index in [9.17, 15) is 13.2 Å². The lowest BCUT2D eigenvalue weighted by Crippen LogP contribution is -2.37. The van der Waals surface area contributed by atoms with Gasteiger partial charge in [-0.3, -0.25) is 4.98 Å². The molecule has 0 bridgehead atoms. The number of pyridine rings is 1. The van der Waals surface area contributed by atoms with E-state index in [0.717, 1.165) is 0 Å². The summed E-state index contributed by atoms with van der Waals surface area (Å²) < 4.78 is 48.4. The van der Waals surface area contributed by atoms with Gasteiger partial charge in [-0.2, -0.15) is 0 Å². The summed E-state index contributed by atoms with van der Waals surface area (Å²) >= 11 is 0. The zero-order valence-corrected chi connectivity index (χ0v) is 17.6. The van der Waals surface area contributed by atoms with Crippen molar-refractivity contribution in [3.63, 3.8) is 0 Å². The van der Waals surface area contributed by atoms with Gasteiger partial charge in [0.15, 0.2) is 0 Å². The molecular formula is C24H26F3N3O. The molecule has 31 heavy (non-hydrogen) atoms. The predicted molar refractivity (Wildman–Crippen MR) is 116 cm³/mol. The quantitative estimate of drug-likeness (QED) is 0.560. The molecule has 1 aromatic carbocycles. The maximum atomic E-state index is 14.8. The zero-order valence-electron chi connectivity index (χ0n) is 17.6. The monoisotopic (exact) mass is 429 g/mol. The molecule has 164 valence electrons. The third-order valence-electron chi connectivity index (χ3n) is 5.66. The lowest BCUT2D eigenvalue weighted by Gasteiger charge is -2.36. The number of rotatable bonds is 5. The number of hydrogen-bond donors (Lipinski definition) is 0. The maximum Gasteiger partial charge on any atom is 0.248 e. The average Bonchev–Trinajstić information content (AvgIpc) is 2.74. The van der Waals surface area contributed by atoms with Crippen molar-refractivity contribution in [2.75, 3.05) is 4.90 Å². The van der Waals surface area contributed by atoms with Gasteiger partial charge >= 0.3 is 0 Å². The predicted octanol–water partition coefficient (Wildman–Crippen LogP) is 6.29. The van der Waals surface area contributed by atoms with Crippen LogP contribution in [0.25, 0.3) is 11.1 Å². The minimum absolute atomic E-state index is 0.0958. The molecule has 4 rings (SSSR count). The molecule has 0 spiro atoms. The smallest absolute Gasteiger partial charge is 0.248 e. The van der Waals surface area contributed by atoms with Gasteiger partial charge in [0.25, 0.3) is 0 Å². The van der Waals surface area contributed by atoms with Crippen molar-refractivity contribution in [2.45, 2.75) is 63.8 Å². The average molecular weight is 429 g/mol. The fourth-order valence-electron chi connectivity index (χ4n) is 4.18. The molecule has 2 heterocycles. The first-order valence-electron chi connectivity index (χ1n) is 10.6. The molecule has 2 aliphatic rings. The molecule has 1 unspecified atom stereocenters. The van der Waals surface area contributed by atoms with Crippen LogP contribution in [-0.2, 0) is 4.74 Å². The van der Waals surface area contributed by atoms with Crippen molar-refractivity contribution in [3.8, 4) is 11.1 Å². The van der Waals surface area contributed by atoms with Crippen LogP contribution in [0.3, 0.4) is 0 Å². The van der Waals surface area contributed by atoms with E-state index in [-0.39, 0.29) is 30.7 Å². The van der Waals surface area contributed by atoms with E-state index >= 15 is 0 Å². The number of aliphatic imine (C=N–C) groups is 1. The molecule has 0 radical (unpaired) electrons. The number of alkyl halides is 2. The number of ether oxygens (including phenoxy) is 1. The fourth-order valence-corrected chi connectivity index (χ4v) is 4.18. The second-order valence-corrected chi connectivity index (χ2v) is 8.26. The third kappa shape index (κ3) is 4.66. The second kappa shape index (κ2) is 8.83. The largest absolute Gasteiger partial charge is 0.336 e. The number of allylic oxidation sites excluding steroid dienone is 1. The van der Waals surface area contributed by atoms with Crippen molar-refractivity contribution in [1.29, 1.82) is 0 Å². The summed E-state index contributed by atoms with van der Waals surface area (Å²) in [5.41, 5.74) is 2.39. The molecule has 1 fully saturated rings. The minimum atomic E-state index is -2.64. The van der Waals surface area contributed by atoms with Crippen LogP contribution in [0.15, 0.2) is 53.8 Å². The van der Waals surface area contributed by atoms with E-state index < -0.39 is 12.3 Å². The van der Waals surface area contributed by atoms with Crippen LogP contribution in [0.2, 0.25) is 0 Å². The Morgan fingerprint density at radius 3 is 2.55 bits per heavy atom. The SMILES string of the molecule is CC(C)OC1N=CC=CN1c1c(-c2ccccc2F)ccnc1C1CCC(F)(F)CC1. The molecule has 0 amide bonds. The van der Waals surface area contributed by atoms with E-state index in [0.29, 0.717) is 35.3 Å². The standard InChI is InChI=1S/C24H26F3N3O/c1-16(2)31-23-29-13-5-15-30(23)22-19(18-6-3-4-7-20(18)25)10-14-28-21(22)17-8-11-24(26,27)12-9-17/h3-7,10,13-17,23H,8-9,11-12H2,1-2H3. The molecule has 0 saturated heterocycles. The highest BCUT2D eigenvalue weighted by Gasteiger charge is 2.38. The van der Waals surface area contributed by atoms with Gasteiger partial charge in [-0.1, -0.05) is 18.2 Å². The van der Waals surface area contributed by atoms with Crippen molar-refractivity contribution in [2.24, 2.45) is 4.99 Å². The highest BCUT2D eigenvalue weighted by molar-refractivity contribution is 5.83. The number of halogens is 3. The Balaban J connectivity index is 1.85. The van der Waals surface area contributed by atoms with Crippen molar-refractivity contribution in [3.05, 3.63) is 60.3 Å². The van der Waals surface area contributed by atoms with Crippen LogP contribution in [-0.4, -0.2) is 29.6 Å². The topological polar surface area (TPSA) is 37.7 Å². The molecular weight excluding hydrogens is 403 g/mol. The van der Waals surface area contributed by atoms with Crippen molar-refractivity contribution in [1.82, 2.24) is 4.98 Å². The number of hydrogen-bond acceptors (Lipinski definition) is 4. The van der Waals surface area contributed by atoms with Gasteiger partial charge in [-0.15, -0.1) is 0 Å². The van der Waals surface area contributed by atoms with Crippen molar-refractivity contribution >= 4 is 11.9 Å². The molecule has 1 atom stereocenters. The summed E-state index contributed by atoms with van der Waals surface area (Å²) in [5, 5.41) is 0. The number of benzene rings is 1. The van der Waals surface area contributed by atoms with E-state index in [4.69, 9.17) is 4.74 Å². The molecule has 4 nitrogen and oxygen atoms in total. The van der Waals surface area contributed by atoms with Crippen LogP contribution in [0.1, 0.15) is 51.1 Å². The molecule has 7 heteroatoms. The Morgan fingerprint density at radius 2 is 1.84 bits per heavy atom. The molecule has 1 aromatic heterocycles.